The Balaban J connectivity index is -0.000000212. The molecule has 0 aliphatic heterocycles. The standard InChI is InChI=1S/2C18H34O2.C6H13.C2H5.Ti/c2*1-2-3-4-5-6-7-8-9-10-11-12-13-14-15-16-17-18(19)20;1-3-5-6-4-2;1-2;/h2*9-10H,2-8,11-17H2,1H3,(H,19,20);1,3-6H2,2H3;1H2,2H3;/q;;2*-1;+4/p-2/b2*10-9-;;;. The number of hydrogen-bond acceptors (Lipinski definition) is 4. The molecule has 0 aromatic rings. The Kier molecular flexibility index (Phi) is 69.5. The van der Waals surface area contributed by atoms with E-state index in [9.17, 15) is 19.8 Å². The first-order valence-corrected chi connectivity index (χ1v) is 20.7. The molecular formula is C44H84O4Ti. The van der Waals surface area contributed by atoms with Crippen molar-refractivity contribution >= 4 is 11.9 Å². The van der Waals surface area contributed by atoms with E-state index in [1.54, 1.807) is 6.92 Å². The third-order valence-corrected chi connectivity index (χ3v) is 8.14. The van der Waals surface area contributed by atoms with Gasteiger partial charge < -0.3 is 33.6 Å². The summed E-state index contributed by atoms with van der Waals surface area (Å²) in [5.41, 5.74) is 0. The van der Waals surface area contributed by atoms with Gasteiger partial charge in [-0.1, -0.05) is 167 Å². The van der Waals surface area contributed by atoms with E-state index in [1.165, 1.54) is 148 Å². The number of allylic oxidation sites excluding steroid dienone is 4. The normalized spacial score (nSPS) is 10.4. The van der Waals surface area contributed by atoms with Crippen molar-refractivity contribution in [3.05, 3.63) is 38.2 Å². The summed E-state index contributed by atoms with van der Waals surface area (Å²) in [5.74, 6) is -1.83. The largest absolute Gasteiger partial charge is 4.00 e. The van der Waals surface area contributed by atoms with Crippen LogP contribution in [0.5, 0.6) is 0 Å². The first kappa shape index (κ1) is 57.5. The molecule has 0 aromatic heterocycles. The molecule has 0 unspecified atom stereocenters. The molecule has 0 N–H and O–H groups in total. The molecule has 0 rings (SSSR count). The smallest absolute Gasteiger partial charge is 0.550 e. The second-order valence-electron chi connectivity index (χ2n) is 13.0. The van der Waals surface area contributed by atoms with Crippen LogP contribution in [0.2, 0.25) is 0 Å². The molecule has 0 heterocycles. The fourth-order valence-electron chi connectivity index (χ4n) is 5.11. The topological polar surface area (TPSA) is 80.3 Å². The first-order chi connectivity index (χ1) is 23.5. The first-order valence-electron chi connectivity index (χ1n) is 20.7. The minimum absolute atomic E-state index is 0. The number of carbonyl (C=O) groups excluding carboxylic acids is 2. The molecule has 0 atom stereocenters. The molecule has 0 saturated carbocycles. The SMILES string of the molecule is CCCCCCCC/C=C\CCCCCCCC(=O)[O-].CCCCCCCC/C=C\CCCCCCCC(=O)[O-].[CH2-]C.[CH2-]CCCCC.[Ti+4]. The molecule has 0 fully saturated rings. The second-order valence-corrected chi connectivity index (χ2v) is 13.0. The summed E-state index contributed by atoms with van der Waals surface area (Å²) in [4.78, 5) is 20.4. The van der Waals surface area contributed by atoms with Crippen LogP contribution < -0.4 is 10.2 Å². The Hall–Kier alpha value is -0.866. The molecule has 0 aromatic carbocycles. The number of rotatable bonds is 33. The fourth-order valence-corrected chi connectivity index (χ4v) is 5.11. The average Bonchev–Trinajstić information content (AvgIpc) is 3.08. The summed E-state index contributed by atoms with van der Waals surface area (Å²) in [6.45, 7) is 15.4. The number of aliphatic carboxylic acids is 2. The zero-order chi connectivity index (χ0) is 36.6. The monoisotopic (exact) mass is 725 g/mol. The van der Waals surface area contributed by atoms with Gasteiger partial charge >= 0.3 is 21.7 Å². The Morgan fingerprint density at radius 3 is 0.857 bits per heavy atom. The Bertz CT molecular complexity index is 578. The van der Waals surface area contributed by atoms with Crippen molar-refractivity contribution in [2.45, 2.75) is 233 Å². The van der Waals surface area contributed by atoms with E-state index in [-0.39, 0.29) is 34.6 Å². The van der Waals surface area contributed by atoms with Gasteiger partial charge in [-0.15, -0.1) is 0 Å². The minimum Gasteiger partial charge on any atom is -0.550 e. The number of carboxylic acid groups (broad SMARTS) is 2. The third kappa shape index (κ3) is 73.5. The Morgan fingerprint density at radius 1 is 0.408 bits per heavy atom. The Morgan fingerprint density at radius 2 is 0.633 bits per heavy atom. The number of carboxylic acids is 2. The third-order valence-electron chi connectivity index (χ3n) is 8.14. The van der Waals surface area contributed by atoms with Crippen LogP contribution in [0.25, 0.3) is 0 Å². The van der Waals surface area contributed by atoms with Crippen LogP contribution in [-0.4, -0.2) is 11.9 Å². The summed E-state index contributed by atoms with van der Waals surface area (Å²) in [6, 6.07) is 0. The zero-order valence-electron chi connectivity index (χ0n) is 33.5. The summed E-state index contributed by atoms with van der Waals surface area (Å²) >= 11 is 0. The van der Waals surface area contributed by atoms with Gasteiger partial charge in [-0.2, -0.15) is 13.3 Å². The summed E-state index contributed by atoms with van der Waals surface area (Å²) < 4.78 is 0. The van der Waals surface area contributed by atoms with Gasteiger partial charge in [-0.3, -0.25) is 0 Å². The van der Waals surface area contributed by atoms with Crippen LogP contribution in [0.1, 0.15) is 233 Å². The quantitative estimate of drug-likeness (QED) is 0.0292. The van der Waals surface area contributed by atoms with Gasteiger partial charge in [0.25, 0.3) is 0 Å². The average molecular weight is 725 g/mol. The number of carbonyl (C=O) groups is 2. The molecule has 0 spiro atoms. The predicted molar refractivity (Wildman–Crippen MR) is 209 cm³/mol. The van der Waals surface area contributed by atoms with E-state index < -0.39 is 11.9 Å². The van der Waals surface area contributed by atoms with Crippen LogP contribution in [0.3, 0.4) is 0 Å². The van der Waals surface area contributed by atoms with Crippen molar-refractivity contribution in [1.29, 1.82) is 0 Å². The summed E-state index contributed by atoms with van der Waals surface area (Å²) in [5, 5.41) is 20.4. The van der Waals surface area contributed by atoms with E-state index in [2.05, 4.69) is 58.9 Å². The molecule has 288 valence electrons. The van der Waals surface area contributed by atoms with Crippen molar-refractivity contribution in [1.82, 2.24) is 0 Å². The molecule has 0 aliphatic carbocycles. The number of unbranched alkanes of at least 4 members (excludes halogenated alkanes) is 25. The minimum atomic E-state index is -0.914. The van der Waals surface area contributed by atoms with Gasteiger partial charge in [-0.25, -0.2) is 0 Å². The fraction of sp³-hybridized carbons (Fsp3) is 0.818. The molecule has 4 nitrogen and oxygen atoms in total. The van der Waals surface area contributed by atoms with E-state index in [0.717, 1.165) is 44.9 Å². The van der Waals surface area contributed by atoms with Crippen LogP contribution in [0.15, 0.2) is 24.3 Å². The summed E-state index contributed by atoms with van der Waals surface area (Å²) in [7, 11) is 0. The molecule has 0 radical (unpaired) electrons. The van der Waals surface area contributed by atoms with Gasteiger partial charge in [0.15, 0.2) is 0 Å². The van der Waals surface area contributed by atoms with Crippen LogP contribution in [-0.2, 0) is 31.3 Å². The van der Waals surface area contributed by atoms with E-state index >= 15 is 0 Å². The molecule has 0 bridgehead atoms. The van der Waals surface area contributed by atoms with Crippen molar-refractivity contribution in [3.63, 3.8) is 0 Å². The van der Waals surface area contributed by atoms with Crippen LogP contribution in [0.4, 0.5) is 0 Å². The van der Waals surface area contributed by atoms with Crippen molar-refractivity contribution in [3.8, 4) is 0 Å². The van der Waals surface area contributed by atoms with Crippen molar-refractivity contribution in [2.24, 2.45) is 0 Å². The van der Waals surface area contributed by atoms with Gasteiger partial charge in [-0.05, 0) is 77.0 Å². The molecule has 0 amide bonds. The van der Waals surface area contributed by atoms with E-state index in [4.69, 9.17) is 0 Å². The molecule has 0 saturated heterocycles. The van der Waals surface area contributed by atoms with Gasteiger partial charge in [0.2, 0.25) is 0 Å². The zero-order valence-corrected chi connectivity index (χ0v) is 35.0. The molecule has 5 heteroatoms. The molecule has 0 aliphatic rings. The van der Waals surface area contributed by atoms with Crippen molar-refractivity contribution < 1.29 is 41.5 Å². The number of hydrogen-bond donors (Lipinski definition) is 0. The summed E-state index contributed by atoms with van der Waals surface area (Å²) in [6.07, 6.45) is 46.9. The van der Waals surface area contributed by atoms with Gasteiger partial charge in [0, 0.05) is 11.9 Å². The van der Waals surface area contributed by atoms with E-state index in [0.29, 0.717) is 0 Å². The van der Waals surface area contributed by atoms with Gasteiger partial charge in [0.1, 0.15) is 0 Å². The second kappa shape index (κ2) is 59.3. The van der Waals surface area contributed by atoms with Crippen LogP contribution in [0, 0.1) is 13.8 Å². The van der Waals surface area contributed by atoms with Gasteiger partial charge in [0.05, 0.1) is 0 Å². The maximum atomic E-state index is 10.2. The maximum Gasteiger partial charge on any atom is 4.00 e. The predicted octanol–water partition coefficient (Wildman–Crippen LogP) is 12.8. The van der Waals surface area contributed by atoms with E-state index in [1.807, 2.05) is 0 Å². The van der Waals surface area contributed by atoms with Crippen LogP contribution >= 0.6 is 0 Å². The molecular weight excluding hydrogens is 640 g/mol. The molecule has 49 heavy (non-hydrogen) atoms. The maximum absolute atomic E-state index is 10.2. The Labute approximate surface area is 323 Å². The van der Waals surface area contributed by atoms with Crippen molar-refractivity contribution in [2.75, 3.05) is 0 Å².